The fraction of sp³-hybridized carbons (Fsp3) is 0.455. The van der Waals surface area contributed by atoms with Crippen LogP contribution in [-0.4, -0.2) is 26.7 Å². The van der Waals surface area contributed by atoms with E-state index < -0.39 is 0 Å². The van der Waals surface area contributed by atoms with Crippen molar-refractivity contribution in [2.75, 3.05) is 6.54 Å². The van der Waals surface area contributed by atoms with Crippen molar-refractivity contribution in [3.05, 3.63) is 24.5 Å². The second kappa shape index (κ2) is 5.49. The molecule has 1 unspecified atom stereocenters. The van der Waals surface area contributed by atoms with Crippen molar-refractivity contribution in [3.8, 4) is 11.5 Å². The van der Waals surface area contributed by atoms with E-state index in [9.17, 15) is 0 Å². The molecular formula is C11H15N5O. The first kappa shape index (κ1) is 11.7. The van der Waals surface area contributed by atoms with Crippen LogP contribution in [0.5, 0.6) is 0 Å². The lowest BCUT2D eigenvalue weighted by Crippen LogP contribution is -2.02. The van der Waals surface area contributed by atoms with Crippen LogP contribution in [0.25, 0.3) is 11.5 Å². The second-order valence-electron chi connectivity index (χ2n) is 3.88. The van der Waals surface area contributed by atoms with E-state index in [2.05, 4.69) is 20.1 Å². The van der Waals surface area contributed by atoms with E-state index in [0.29, 0.717) is 24.0 Å². The topological polar surface area (TPSA) is 90.7 Å². The van der Waals surface area contributed by atoms with E-state index in [-0.39, 0.29) is 5.92 Å². The van der Waals surface area contributed by atoms with Gasteiger partial charge >= 0.3 is 0 Å². The van der Waals surface area contributed by atoms with Gasteiger partial charge in [-0.3, -0.25) is 0 Å². The standard InChI is InChI=1S/C11H15N5O/c1-8(3-2-5-12)11-15-10(16-17-11)9-4-6-13-7-14-9/h4,6-8H,2-3,5,12H2,1H3. The molecule has 0 aromatic carbocycles. The fourth-order valence-corrected chi connectivity index (χ4v) is 1.51. The third-order valence-electron chi connectivity index (χ3n) is 2.52. The van der Waals surface area contributed by atoms with Crippen molar-refractivity contribution in [1.82, 2.24) is 20.1 Å². The molecule has 17 heavy (non-hydrogen) atoms. The normalized spacial score (nSPS) is 12.6. The van der Waals surface area contributed by atoms with E-state index in [1.807, 2.05) is 6.92 Å². The Morgan fingerprint density at radius 2 is 2.35 bits per heavy atom. The minimum absolute atomic E-state index is 0.224. The second-order valence-corrected chi connectivity index (χ2v) is 3.88. The number of aromatic nitrogens is 4. The van der Waals surface area contributed by atoms with E-state index in [4.69, 9.17) is 10.3 Å². The molecule has 0 amide bonds. The summed E-state index contributed by atoms with van der Waals surface area (Å²) >= 11 is 0. The Bertz CT molecular complexity index is 456. The number of rotatable bonds is 5. The zero-order valence-corrected chi connectivity index (χ0v) is 9.71. The van der Waals surface area contributed by atoms with Crippen molar-refractivity contribution < 1.29 is 4.52 Å². The van der Waals surface area contributed by atoms with Crippen LogP contribution in [0.1, 0.15) is 31.6 Å². The summed E-state index contributed by atoms with van der Waals surface area (Å²) in [5.41, 5.74) is 6.14. The van der Waals surface area contributed by atoms with Gasteiger partial charge in [0.1, 0.15) is 12.0 Å². The lowest BCUT2D eigenvalue weighted by atomic mass is 10.1. The van der Waals surface area contributed by atoms with Crippen molar-refractivity contribution >= 4 is 0 Å². The summed E-state index contributed by atoms with van der Waals surface area (Å²) in [5.74, 6) is 1.36. The minimum atomic E-state index is 0.224. The van der Waals surface area contributed by atoms with Gasteiger partial charge in [0.25, 0.3) is 0 Å². The zero-order chi connectivity index (χ0) is 12.1. The van der Waals surface area contributed by atoms with Gasteiger partial charge in [0.05, 0.1) is 0 Å². The molecule has 6 heteroatoms. The molecule has 2 aromatic heterocycles. The molecule has 0 saturated heterocycles. The molecule has 0 aliphatic rings. The Labute approximate surface area is 99.3 Å². The molecule has 0 aliphatic carbocycles. The molecule has 1 atom stereocenters. The van der Waals surface area contributed by atoms with E-state index in [1.165, 1.54) is 6.33 Å². The minimum Gasteiger partial charge on any atom is -0.339 e. The fourth-order valence-electron chi connectivity index (χ4n) is 1.51. The molecule has 0 radical (unpaired) electrons. The average molecular weight is 233 g/mol. The predicted octanol–water partition coefficient (Wildman–Crippen LogP) is 1.37. The third kappa shape index (κ3) is 2.85. The van der Waals surface area contributed by atoms with Gasteiger partial charge in [-0.2, -0.15) is 4.98 Å². The smallest absolute Gasteiger partial charge is 0.229 e. The molecule has 2 rings (SSSR count). The zero-order valence-electron chi connectivity index (χ0n) is 9.71. The van der Waals surface area contributed by atoms with Crippen LogP contribution in [0.3, 0.4) is 0 Å². The van der Waals surface area contributed by atoms with Gasteiger partial charge < -0.3 is 10.3 Å². The summed E-state index contributed by atoms with van der Waals surface area (Å²) in [5, 5.41) is 3.91. The van der Waals surface area contributed by atoms with Crippen LogP contribution in [0.15, 0.2) is 23.1 Å². The van der Waals surface area contributed by atoms with Crippen molar-refractivity contribution in [2.45, 2.75) is 25.7 Å². The highest BCUT2D eigenvalue weighted by atomic mass is 16.5. The van der Waals surface area contributed by atoms with Crippen molar-refractivity contribution in [3.63, 3.8) is 0 Å². The van der Waals surface area contributed by atoms with Gasteiger partial charge in [-0.1, -0.05) is 12.1 Å². The molecule has 0 aliphatic heterocycles. The van der Waals surface area contributed by atoms with Gasteiger partial charge in [-0.25, -0.2) is 9.97 Å². The first-order valence-corrected chi connectivity index (χ1v) is 5.61. The maximum Gasteiger partial charge on any atom is 0.229 e. The average Bonchev–Trinajstić information content (AvgIpc) is 2.86. The lowest BCUT2D eigenvalue weighted by Gasteiger charge is -2.03. The molecule has 0 saturated carbocycles. The molecule has 2 aromatic rings. The summed E-state index contributed by atoms with van der Waals surface area (Å²) < 4.78 is 5.22. The summed E-state index contributed by atoms with van der Waals surface area (Å²) in [6.45, 7) is 2.73. The summed E-state index contributed by atoms with van der Waals surface area (Å²) in [7, 11) is 0. The Kier molecular flexibility index (Phi) is 3.77. The summed E-state index contributed by atoms with van der Waals surface area (Å²) in [4.78, 5) is 12.2. The Morgan fingerprint density at radius 1 is 1.47 bits per heavy atom. The van der Waals surface area contributed by atoms with E-state index in [1.54, 1.807) is 12.3 Å². The summed E-state index contributed by atoms with van der Waals surface area (Å²) in [6, 6.07) is 1.75. The van der Waals surface area contributed by atoms with Crippen LogP contribution in [0.2, 0.25) is 0 Å². The number of hydrogen-bond donors (Lipinski definition) is 1. The van der Waals surface area contributed by atoms with Crippen molar-refractivity contribution in [1.29, 1.82) is 0 Å². The summed E-state index contributed by atoms with van der Waals surface area (Å²) in [6.07, 6.45) is 5.01. The molecule has 90 valence electrons. The van der Waals surface area contributed by atoms with Gasteiger partial charge in [-0.15, -0.1) is 0 Å². The van der Waals surface area contributed by atoms with Crippen LogP contribution in [0, 0.1) is 0 Å². The Morgan fingerprint density at radius 3 is 3.06 bits per heavy atom. The van der Waals surface area contributed by atoms with Gasteiger partial charge in [0.15, 0.2) is 0 Å². The number of nitrogens with zero attached hydrogens (tertiary/aromatic N) is 4. The van der Waals surface area contributed by atoms with Gasteiger partial charge in [-0.05, 0) is 25.5 Å². The highest BCUT2D eigenvalue weighted by Gasteiger charge is 2.15. The molecule has 0 fully saturated rings. The maximum atomic E-state index is 5.47. The SMILES string of the molecule is CC(CCCN)c1nc(-c2ccncn2)no1. The maximum absolute atomic E-state index is 5.47. The first-order valence-electron chi connectivity index (χ1n) is 5.61. The molecule has 0 bridgehead atoms. The van der Waals surface area contributed by atoms with Crippen LogP contribution < -0.4 is 5.73 Å². The Balaban J connectivity index is 2.11. The lowest BCUT2D eigenvalue weighted by molar-refractivity contribution is 0.352. The molecular weight excluding hydrogens is 218 g/mol. The first-order chi connectivity index (χ1) is 8.31. The highest BCUT2D eigenvalue weighted by Crippen LogP contribution is 2.21. The molecule has 2 heterocycles. The van der Waals surface area contributed by atoms with Crippen LogP contribution >= 0.6 is 0 Å². The Hall–Kier alpha value is -1.82. The van der Waals surface area contributed by atoms with Gasteiger partial charge in [0, 0.05) is 12.1 Å². The molecule has 6 nitrogen and oxygen atoms in total. The molecule has 0 spiro atoms. The van der Waals surface area contributed by atoms with Crippen molar-refractivity contribution in [2.24, 2.45) is 5.73 Å². The number of nitrogens with two attached hydrogens (primary N) is 1. The quantitative estimate of drug-likeness (QED) is 0.838. The largest absolute Gasteiger partial charge is 0.339 e. The van der Waals surface area contributed by atoms with E-state index in [0.717, 1.165) is 12.8 Å². The predicted molar refractivity (Wildman–Crippen MR) is 62.0 cm³/mol. The monoisotopic (exact) mass is 233 g/mol. The molecule has 2 N–H and O–H groups in total. The van der Waals surface area contributed by atoms with Gasteiger partial charge in [0.2, 0.25) is 11.7 Å². The van der Waals surface area contributed by atoms with E-state index >= 15 is 0 Å². The third-order valence-corrected chi connectivity index (χ3v) is 2.52. The number of hydrogen-bond acceptors (Lipinski definition) is 6. The van der Waals surface area contributed by atoms with Crippen LogP contribution in [-0.2, 0) is 0 Å². The highest BCUT2D eigenvalue weighted by molar-refractivity contribution is 5.46. The van der Waals surface area contributed by atoms with Crippen LogP contribution in [0.4, 0.5) is 0 Å².